The first-order valence-electron chi connectivity index (χ1n) is 6.41. The number of hydrogen-bond donors (Lipinski definition) is 1. The third-order valence-corrected chi connectivity index (χ3v) is 3.45. The fraction of sp³-hybridized carbons (Fsp3) is 0.500. The number of halogens is 2. The van der Waals surface area contributed by atoms with E-state index in [1.54, 1.807) is 0 Å². The highest BCUT2D eigenvalue weighted by Crippen LogP contribution is 2.33. The highest BCUT2D eigenvalue weighted by atomic mass is 19.3. The summed E-state index contributed by atoms with van der Waals surface area (Å²) < 4.78 is 34.2. The first kappa shape index (κ1) is 15.5. The van der Waals surface area contributed by atoms with Gasteiger partial charge in [-0.15, -0.1) is 0 Å². The van der Waals surface area contributed by atoms with Gasteiger partial charge in [-0.05, 0) is 12.1 Å². The van der Waals surface area contributed by atoms with Crippen LogP contribution in [-0.4, -0.2) is 49.3 Å². The van der Waals surface area contributed by atoms with E-state index in [2.05, 4.69) is 4.74 Å². The second kappa shape index (κ2) is 5.85. The molecule has 0 unspecified atom stereocenters. The van der Waals surface area contributed by atoms with Gasteiger partial charge >= 0.3 is 6.61 Å². The predicted molar refractivity (Wildman–Crippen MR) is 70.7 cm³/mol. The number of alkyl halides is 2. The van der Waals surface area contributed by atoms with Crippen LogP contribution in [0.3, 0.4) is 0 Å². The van der Waals surface area contributed by atoms with Crippen LogP contribution >= 0.6 is 0 Å². The van der Waals surface area contributed by atoms with Crippen LogP contribution < -0.4 is 9.47 Å². The molecule has 1 aromatic rings. The Kier molecular flexibility index (Phi) is 4.32. The van der Waals surface area contributed by atoms with Gasteiger partial charge < -0.3 is 19.5 Å². The first-order chi connectivity index (χ1) is 9.88. The molecular formula is C14H17F2NO4. The molecule has 0 aromatic heterocycles. The van der Waals surface area contributed by atoms with Crippen LogP contribution in [0.1, 0.15) is 17.3 Å². The molecule has 1 aliphatic rings. The number of aliphatic hydroxyl groups is 1. The minimum Gasteiger partial charge on any atom is -0.497 e. The van der Waals surface area contributed by atoms with Gasteiger partial charge in [-0.2, -0.15) is 8.78 Å². The average molecular weight is 301 g/mol. The molecule has 21 heavy (non-hydrogen) atoms. The van der Waals surface area contributed by atoms with Crippen molar-refractivity contribution in [1.82, 2.24) is 4.90 Å². The van der Waals surface area contributed by atoms with E-state index in [-0.39, 0.29) is 23.3 Å². The molecule has 1 fully saturated rings. The number of rotatable bonds is 5. The van der Waals surface area contributed by atoms with Crippen molar-refractivity contribution in [1.29, 1.82) is 0 Å². The van der Waals surface area contributed by atoms with E-state index in [0.717, 1.165) is 0 Å². The van der Waals surface area contributed by atoms with Crippen LogP contribution in [0.5, 0.6) is 11.5 Å². The molecule has 116 valence electrons. The molecule has 1 aliphatic heterocycles. The molecule has 0 spiro atoms. The SMILES string of the molecule is COc1ccc(C(=O)N2CC(C)(CO)C2)c(OC(F)F)c1. The molecule has 1 heterocycles. The Bertz CT molecular complexity index is 530. The van der Waals surface area contributed by atoms with Gasteiger partial charge in [-0.1, -0.05) is 6.92 Å². The molecule has 0 bridgehead atoms. The number of nitrogens with zero attached hydrogens (tertiary/aromatic N) is 1. The third kappa shape index (κ3) is 3.24. The highest BCUT2D eigenvalue weighted by molar-refractivity contribution is 5.97. The average Bonchev–Trinajstić information content (AvgIpc) is 2.42. The second-order valence-corrected chi connectivity index (χ2v) is 5.37. The zero-order chi connectivity index (χ0) is 15.6. The molecule has 5 nitrogen and oxygen atoms in total. The van der Waals surface area contributed by atoms with Crippen molar-refractivity contribution in [2.45, 2.75) is 13.5 Å². The molecule has 1 aromatic carbocycles. The zero-order valence-corrected chi connectivity index (χ0v) is 11.8. The van der Waals surface area contributed by atoms with E-state index in [9.17, 15) is 18.7 Å². The van der Waals surface area contributed by atoms with Crippen LogP contribution in [0.4, 0.5) is 8.78 Å². The van der Waals surface area contributed by atoms with Crippen molar-refractivity contribution in [3.63, 3.8) is 0 Å². The van der Waals surface area contributed by atoms with Crippen LogP contribution in [0.2, 0.25) is 0 Å². The molecule has 1 N–H and O–H groups in total. The van der Waals surface area contributed by atoms with Crippen molar-refractivity contribution >= 4 is 5.91 Å². The van der Waals surface area contributed by atoms with Crippen molar-refractivity contribution in [3.05, 3.63) is 23.8 Å². The Morgan fingerprint density at radius 2 is 2.14 bits per heavy atom. The lowest BCUT2D eigenvalue weighted by Gasteiger charge is -2.47. The number of likely N-dealkylation sites (tertiary alicyclic amines) is 1. The maximum Gasteiger partial charge on any atom is 0.387 e. The number of aliphatic hydroxyl groups excluding tert-OH is 1. The van der Waals surface area contributed by atoms with Gasteiger partial charge in [0.05, 0.1) is 19.3 Å². The van der Waals surface area contributed by atoms with Crippen molar-refractivity contribution < 1.29 is 28.2 Å². The van der Waals surface area contributed by atoms with Crippen LogP contribution in [0.15, 0.2) is 18.2 Å². The van der Waals surface area contributed by atoms with Gasteiger partial charge in [0.15, 0.2) is 0 Å². The summed E-state index contributed by atoms with van der Waals surface area (Å²) in [5.74, 6) is -0.294. The summed E-state index contributed by atoms with van der Waals surface area (Å²) in [5, 5.41) is 9.18. The number of ether oxygens (including phenoxy) is 2. The van der Waals surface area contributed by atoms with Crippen LogP contribution in [-0.2, 0) is 0 Å². The number of methoxy groups -OCH3 is 1. The fourth-order valence-electron chi connectivity index (χ4n) is 2.29. The Morgan fingerprint density at radius 1 is 1.48 bits per heavy atom. The maximum absolute atomic E-state index is 12.5. The molecule has 1 amide bonds. The summed E-state index contributed by atoms with van der Waals surface area (Å²) in [7, 11) is 1.39. The van der Waals surface area contributed by atoms with Gasteiger partial charge in [0.1, 0.15) is 11.5 Å². The van der Waals surface area contributed by atoms with Crippen molar-refractivity contribution in [2.75, 3.05) is 26.8 Å². The van der Waals surface area contributed by atoms with Gasteiger partial charge in [0, 0.05) is 24.6 Å². The van der Waals surface area contributed by atoms with E-state index in [0.29, 0.717) is 18.8 Å². The molecule has 0 radical (unpaired) electrons. The first-order valence-corrected chi connectivity index (χ1v) is 6.41. The van der Waals surface area contributed by atoms with E-state index in [4.69, 9.17) is 4.74 Å². The lowest BCUT2D eigenvalue weighted by Crippen LogP contribution is -2.58. The molecular weight excluding hydrogens is 284 g/mol. The topological polar surface area (TPSA) is 59.0 Å². The van der Waals surface area contributed by atoms with E-state index >= 15 is 0 Å². The zero-order valence-electron chi connectivity index (χ0n) is 11.8. The Hall–Kier alpha value is -1.89. The van der Waals surface area contributed by atoms with E-state index in [1.165, 1.54) is 30.2 Å². The summed E-state index contributed by atoms with van der Waals surface area (Å²) in [5.41, 5.74) is -0.276. The molecule has 0 atom stereocenters. The quantitative estimate of drug-likeness (QED) is 0.900. The monoisotopic (exact) mass is 301 g/mol. The van der Waals surface area contributed by atoms with Crippen LogP contribution in [0, 0.1) is 5.41 Å². The largest absolute Gasteiger partial charge is 0.497 e. The summed E-state index contributed by atoms with van der Waals surface area (Å²) in [6.07, 6.45) is 0. The number of carbonyl (C=O) groups excluding carboxylic acids is 1. The van der Waals surface area contributed by atoms with Gasteiger partial charge in [0.25, 0.3) is 5.91 Å². The number of hydrogen-bond acceptors (Lipinski definition) is 4. The van der Waals surface area contributed by atoms with Gasteiger partial charge in [-0.3, -0.25) is 4.79 Å². The molecule has 0 saturated carbocycles. The fourth-order valence-corrected chi connectivity index (χ4v) is 2.29. The third-order valence-electron chi connectivity index (χ3n) is 3.45. The summed E-state index contributed by atoms with van der Waals surface area (Å²) in [6, 6.07) is 4.16. The number of benzene rings is 1. The minimum absolute atomic E-state index is 0.0280. The van der Waals surface area contributed by atoms with Crippen molar-refractivity contribution in [2.24, 2.45) is 5.41 Å². The molecule has 1 saturated heterocycles. The number of carbonyl (C=O) groups is 1. The number of amides is 1. The summed E-state index contributed by atoms with van der Waals surface area (Å²) in [4.78, 5) is 13.8. The van der Waals surface area contributed by atoms with Gasteiger partial charge in [-0.25, -0.2) is 0 Å². The normalized spacial score (nSPS) is 16.6. The Labute approximate surface area is 121 Å². The molecule has 0 aliphatic carbocycles. The van der Waals surface area contributed by atoms with Crippen molar-refractivity contribution in [3.8, 4) is 11.5 Å². The predicted octanol–water partition coefficient (Wildman–Crippen LogP) is 1.75. The summed E-state index contributed by atoms with van der Waals surface area (Å²) in [6.45, 7) is -0.450. The lowest BCUT2D eigenvalue weighted by molar-refractivity contribution is -0.0509. The molecule has 2 rings (SSSR count). The van der Waals surface area contributed by atoms with Gasteiger partial charge in [0.2, 0.25) is 0 Å². The highest BCUT2D eigenvalue weighted by Gasteiger charge is 2.41. The Morgan fingerprint density at radius 3 is 2.67 bits per heavy atom. The Balaban J connectivity index is 2.20. The summed E-state index contributed by atoms with van der Waals surface area (Å²) >= 11 is 0. The maximum atomic E-state index is 12.5. The van der Waals surface area contributed by atoms with E-state index in [1.807, 2.05) is 6.92 Å². The van der Waals surface area contributed by atoms with E-state index < -0.39 is 12.5 Å². The lowest BCUT2D eigenvalue weighted by atomic mass is 9.82. The van der Waals surface area contributed by atoms with Crippen LogP contribution in [0.25, 0.3) is 0 Å². The minimum atomic E-state index is -3.03. The second-order valence-electron chi connectivity index (χ2n) is 5.37. The standard InChI is InChI=1S/C14H17F2NO4/c1-14(8-18)6-17(7-14)12(19)10-4-3-9(20-2)5-11(10)21-13(15)16/h3-5,13,18H,6-8H2,1-2H3. The molecule has 7 heteroatoms. The smallest absolute Gasteiger partial charge is 0.387 e.